The Labute approximate surface area is 165 Å². The predicted octanol–water partition coefficient (Wildman–Crippen LogP) is 4.50. The average Bonchev–Trinajstić information content (AvgIpc) is 3.29. The molecule has 0 spiro atoms. The van der Waals surface area contributed by atoms with Gasteiger partial charge in [0.05, 0.1) is 10.4 Å². The van der Waals surface area contributed by atoms with Crippen LogP contribution < -0.4 is 5.32 Å². The van der Waals surface area contributed by atoms with Crippen LogP contribution in [0.5, 0.6) is 0 Å². The number of hydrogen-bond donors (Lipinski definition) is 1. The van der Waals surface area contributed by atoms with Crippen molar-refractivity contribution in [2.75, 3.05) is 5.32 Å². The molecular weight excluding hydrogens is 382 g/mol. The Balaban J connectivity index is 1.58. The molecule has 8 nitrogen and oxygen atoms in total. The van der Waals surface area contributed by atoms with E-state index in [0.29, 0.717) is 11.5 Å². The second-order valence-electron chi connectivity index (χ2n) is 6.77. The number of benzene rings is 1. The summed E-state index contributed by atoms with van der Waals surface area (Å²) >= 11 is 1.48. The average molecular weight is 401 g/mol. The van der Waals surface area contributed by atoms with Crippen LogP contribution in [0.4, 0.5) is 10.5 Å². The van der Waals surface area contributed by atoms with Crippen molar-refractivity contribution in [3.8, 4) is 10.7 Å². The van der Waals surface area contributed by atoms with E-state index in [2.05, 4.69) is 15.5 Å². The van der Waals surface area contributed by atoms with E-state index in [1.54, 1.807) is 39.0 Å². The zero-order chi connectivity index (χ0) is 20.1. The van der Waals surface area contributed by atoms with Crippen LogP contribution in [-0.4, -0.2) is 27.8 Å². The van der Waals surface area contributed by atoms with Gasteiger partial charge in [-0.2, -0.15) is 4.98 Å². The summed E-state index contributed by atoms with van der Waals surface area (Å²) in [5, 5.41) is 8.34. The summed E-state index contributed by atoms with van der Waals surface area (Å²) < 4.78 is 15.5. The fraction of sp³-hybridized carbons (Fsp3) is 0.263. The summed E-state index contributed by atoms with van der Waals surface area (Å²) in [7, 11) is 0. The van der Waals surface area contributed by atoms with Gasteiger partial charge in [0.25, 0.3) is 5.89 Å². The van der Waals surface area contributed by atoms with E-state index in [9.17, 15) is 9.59 Å². The summed E-state index contributed by atoms with van der Waals surface area (Å²) in [5.74, 6) is 0.0631. The van der Waals surface area contributed by atoms with Gasteiger partial charge in [0.1, 0.15) is 5.60 Å². The zero-order valence-corrected chi connectivity index (χ0v) is 16.4. The summed E-state index contributed by atoms with van der Waals surface area (Å²) in [6.45, 7) is 5.15. The molecular formula is C19H19N3O5S. The molecule has 0 saturated carbocycles. The van der Waals surface area contributed by atoms with Crippen molar-refractivity contribution in [3.05, 3.63) is 53.2 Å². The van der Waals surface area contributed by atoms with Gasteiger partial charge in [-0.15, -0.1) is 11.3 Å². The lowest BCUT2D eigenvalue weighted by Gasteiger charge is -2.19. The van der Waals surface area contributed by atoms with E-state index in [-0.39, 0.29) is 18.1 Å². The van der Waals surface area contributed by atoms with Gasteiger partial charge in [-0.25, -0.2) is 9.59 Å². The highest BCUT2D eigenvalue weighted by Gasteiger charge is 2.17. The number of amides is 1. The lowest BCUT2D eigenvalue weighted by molar-refractivity contribution is 0.0429. The van der Waals surface area contributed by atoms with Crippen LogP contribution >= 0.6 is 11.3 Å². The Morgan fingerprint density at radius 3 is 2.75 bits per heavy atom. The number of anilines is 1. The number of aromatic nitrogens is 2. The molecule has 0 aliphatic carbocycles. The highest BCUT2D eigenvalue weighted by molar-refractivity contribution is 7.13. The van der Waals surface area contributed by atoms with Gasteiger partial charge in [0.15, 0.2) is 6.61 Å². The maximum Gasteiger partial charge on any atom is 0.412 e. The van der Waals surface area contributed by atoms with Crippen molar-refractivity contribution < 1.29 is 23.6 Å². The van der Waals surface area contributed by atoms with E-state index < -0.39 is 17.7 Å². The van der Waals surface area contributed by atoms with Crippen molar-refractivity contribution in [1.29, 1.82) is 0 Å². The lowest BCUT2D eigenvalue weighted by atomic mass is 10.2. The highest BCUT2D eigenvalue weighted by Crippen LogP contribution is 2.21. The molecule has 2 aromatic heterocycles. The van der Waals surface area contributed by atoms with Gasteiger partial charge in [0, 0.05) is 5.69 Å². The minimum absolute atomic E-state index is 0.152. The topological polar surface area (TPSA) is 104 Å². The van der Waals surface area contributed by atoms with E-state index >= 15 is 0 Å². The fourth-order valence-electron chi connectivity index (χ4n) is 2.18. The third-order valence-corrected chi connectivity index (χ3v) is 4.15. The van der Waals surface area contributed by atoms with Crippen LogP contribution in [-0.2, 0) is 16.1 Å². The van der Waals surface area contributed by atoms with Crippen LogP contribution in [0.25, 0.3) is 10.7 Å². The first-order valence-electron chi connectivity index (χ1n) is 8.44. The van der Waals surface area contributed by atoms with Gasteiger partial charge in [-0.1, -0.05) is 17.3 Å². The van der Waals surface area contributed by atoms with Crippen LogP contribution in [0.1, 0.15) is 37.0 Å². The molecule has 9 heteroatoms. The molecule has 0 aliphatic heterocycles. The molecule has 0 unspecified atom stereocenters. The van der Waals surface area contributed by atoms with Crippen LogP contribution in [0.2, 0.25) is 0 Å². The molecule has 146 valence electrons. The number of carbonyl (C=O) groups excluding carboxylic acids is 2. The number of hydrogen-bond acceptors (Lipinski definition) is 8. The second kappa shape index (κ2) is 8.22. The van der Waals surface area contributed by atoms with Gasteiger partial charge < -0.3 is 14.0 Å². The quantitative estimate of drug-likeness (QED) is 0.628. The largest absolute Gasteiger partial charge is 0.452 e. The number of nitrogens with one attached hydrogen (secondary N) is 1. The Hall–Kier alpha value is -3.20. The number of ether oxygens (including phenoxy) is 2. The van der Waals surface area contributed by atoms with E-state index in [1.807, 2.05) is 17.5 Å². The smallest absolute Gasteiger partial charge is 0.412 e. The van der Waals surface area contributed by atoms with Crippen molar-refractivity contribution in [2.24, 2.45) is 0 Å². The molecule has 0 bridgehead atoms. The van der Waals surface area contributed by atoms with Crippen molar-refractivity contribution in [3.63, 3.8) is 0 Å². The molecule has 0 fully saturated rings. The monoisotopic (exact) mass is 401 g/mol. The Bertz CT molecular complexity index is 960. The van der Waals surface area contributed by atoms with Crippen LogP contribution in [0.3, 0.4) is 0 Å². The Morgan fingerprint density at radius 1 is 1.21 bits per heavy atom. The Kier molecular flexibility index (Phi) is 5.74. The van der Waals surface area contributed by atoms with E-state index in [1.165, 1.54) is 17.4 Å². The maximum atomic E-state index is 12.3. The molecule has 1 amide bonds. The molecule has 3 rings (SSSR count). The van der Waals surface area contributed by atoms with Gasteiger partial charge in [-0.05, 0) is 50.4 Å². The number of thiophene rings is 1. The number of rotatable bonds is 5. The molecule has 3 aromatic rings. The van der Waals surface area contributed by atoms with E-state index in [4.69, 9.17) is 14.0 Å². The minimum Gasteiger partial charge on any atom is -0.452 e. The zero-order valence-electron chi connectivity index (χ0n) is 15.6. The lowest BCUT2D eigenvalue weighted by Crippen LogP contribution is -2.27. The molecule has 28 heavy (non-hydrogen) atoms. The SMILES string of the molecule is CC(C)(C)OC(=O)Nc1cccc(C(=O)OCc2nc(-c3cccs3)no2)c1. The van der Waals surface area contributed by atoms with Gasteiger partial charge in [-0.3, -0.25) is 5.32 Å². The fourth-order valence-corrected chi connectivity index (χ4v) is 2.82. The minimum atomic E-state index is -0.618. The third-order valence-electron chi connectivity index (χ3n) is 3.28. The molecule has 1 N–H and O–H groups in total. The first-order chi connectivity index (χ1) is 13.3. The molecule has 0 atom stereocenters. The summed E-state index contributed by atoms with van der Waals surface area (Å²) in [6.07, 6.45) is -0.606. The normalized spacial score (nSPS) is 11.1. The third kappa shape index (κ3) is 5.40. The van der Waals surface area contributed by atoms with Crippen molar-refractivity contribution in [1.82, 2.24) is 10.1 Å². The van der Waals surface area contributed by atoms with Crippen LogP contribution in [0, 0.1) is 0 Å². The second-order valence-corrected chi connectivity index (χ2v) is 7.72. The predicted molar refractivity (Wildman–Crippen MR) is 103 cm³/mol. The number of nitrogens with zero attached hydrogens (tertiary/aromatic N) is 2. The summed E-state index contributed by atoms with van der Waals surface area (Å²) in [5.41, 5.74) is 0.0696. The van der Waals surface area contributed by atoms with Gasteiger partial charge >= 0.3 is 12.1 Å². The summed E-state index contributed by atoms with van der Waals surface area (Å²) in [4.78, 5) is 29.2. The molecule has 0 aliphatic rings. The number of esters is 1. The molecule has 2 heterocycles. The standard InChI is InChI=1S/C19H19N3O5S/c1-19(2,3)26-18(24)20-13-7-4-6-12(10-13)17(23)25-11-15-21-16(22-27-15)14-8-5-9-28-14/h4-10H,11H2,1-3H3,(H,20,24). The Morgan fingerprint density at radius 2 is 2.04 bits per heavy atom. The highest BCUT2D eigenvalue weighted by atomic mass is 32.1. The number of carbonyl (C=O) groups is 2. The maximum absolute atomic E-state index is 12.3. The molecule has 1 aromatic carbocycles. The van der Waals surface area contributed by atoms with Crippen molar-refractivity contribution >= 4 is 29.1 Å². The van der Waals surface area contributed by atoms with Crippen molar-refractivity contribution in [2.45, 2.75) is 33.0 Å². The molecule has 0 radical (unpaired) electrons. The first-order valence-corrected chi connectivity index (χ1v) is 9.32. The summed E-state index contributed by atoms with van der Waals surface area (Å²) in [6, 6.07) is 10.1. The van der Waals surface area contributed by atoms with Crippen LogP contribution in [0.15, 0.2) is 46.3 Å². The van der Waals surface area contributed by atoms with Gasteiger partial charge in [0.2, 0.25) is 5.82 Å². The molecule has 0 saturated heterocycles. The van der Waals surface area contributed by atoms with E-state index in [0.717, 1.165) is 4.88 Å². The first kappa shape index (κ1) is 19.6.